The Morgan fingerprint density at radius 1 is 1.23 bits per heavy atom. The molecule has 1 amide bonds. The van der Waals surface area contributed by atoms with E-state index in [-0.39, 0.29) is 17.9 Å². The largest absolute Gasteiger partial charge is 0.351 e. The zero-order valence-electron chi connectivity index (χ0n) is 14.7. The second kappa shape index (κ2) is 8.05. The van der Waals surface area contributed by atoms with Gasteiger partial charge in [-0.15, -0.1) is 11.3 Å². The van der Waals surface area contributed by atoms with Gasteiger partial charge in [0, 0.05) is 40.5 Å². The fourth-order valence-corrected chi connectivity index (χ4v) is 3.49. The summed E-state index contributed by atoms with van der Waals surface area (Å²) in [5, 5.41) is 4.91. The summed E-state index contributed by atoms with van der Waals surface area (Å²) in [6.07, 6.45) is 3.92. The van der Waals surface area contributed by atoms with E-state index in [1.54, 1.807) is 42.8 Å². The van der Waals surface area contributed by atoms with Crippen molar-refractivity contribution in [2.45, 2.75) is 33.2 Å². The summed E-state index contributed by atoms with van der Waals surface area (Å²) in [7, 11) is 0. The molecule has 0 saturated carbocycles. The fraction of sp³-hybridized carbons (Fsp3) is 0.263. The number of nitrogens with zero attached hydrogens (tertiary/aromatic N) is 2. The quantitative estimate of drug-likeness (QED) is 0.700. The van der Waals surface area contributed by atoms with Gasteiger partial charge in [-0.25, -0.2) is 4.98 Å². The van der Waals surface area contributed by atoms with E-state index in [1.807, 2.05) is 18.4 Å². The van der Waals surface area contributed by atoms with Gasteiger partial charge in [0.2, 0.25) is 5.91 Å². The van der Waals surface area contributed by atoms with E-state index < -0.39 is 0 Å². The SMILES string of the molecule is Cc1ccsc1CNC(=O)CCc1c(C)nc(-c2ccncc2)[nH]c1=O. The number of hydrogen-bond donors (Lipinski definition) is 2. The molecule has 0 aliphatic carbocycles. The molecule has 0 radical (unpaired) electrons. The normalized spacial score (nSPS) is 10.7. The van der Waals surface area contributed by atoms with Gasteiger partial charge < -0.3 is 10.3 Å². The molecule has 0 spiro atoms. The van der Waals surface area contributed by atoms with Crippen LogP contribution >= 0.6 is 11.3 Å². The van der Waals surface area contributed by atoms with Crippen LogP contribution < -0.4 is 10.9 Å². The standard InChI is InChI=1S/C19H20N4O2S/c1-12-7-10-26-16(12)11-21-17(24)4-3-15-13(2)22-18(23-19(15)25)14-5-8-20-9-6-14/h5-10H,3-4,11H2,1-2H3,(H,21,24)(H,22,23,25). The molecule has 3 heterocycles. The highest BCUT2D eigenvalue weighted by atomic mass is 32.1. The van der Waals surface area contributed by atoms with Crippen molar-refractivity contribution < 1.29 is 4.79 Å². The number of rotatable bonds is 6. The molecule has 0 aliphatic rings. The number of pyridine rings is 1. The van der Waals surface area contributed by atoms with E-state index in [9.17, 15) is 9.59 Å². The van der Waals surface area contributed by atoms with E-state index in [4.69, 9.17) is 0 Å². The van der Waals surface area contributed by atoms with Gasteiger partial charge in [0.15, 0.2) is 0 Å². The number of aromatic nitrogens is 3. The van der Waals surface area contributed by atoms with Crippen molar-refractivity contribution in [1.82, 2.24) is 20.3 Å². The predicted molar refractivity (Wildman–Crippen MR) is 102 cm³/mol. The average Bonchev–Trinajstić information content (AvgIpc) is 3.05. The molecule has 0 aliphatic heterocycles. The predicted octanol–water partition coefficient (Wildman–Crippen LogP) is 2.76. The Morgan fingerprint density at radius 3 is 2.65 bits per heavy atom. The van der Waals surface area contributed by atoms with Crippen LogP contribution in [0.5, 0.6) is 0 Å². The first-order valence-corrected chi connectivity index (χ1v) is 9.22. The highest BCUT2D eigenvalue weighted by molar-refractivity contribution is 7.10. The number of carbonyl (C=O) groups excluding carboxylic acids is 1. The van der Waals surface area contributed by atoms with Crippen LogP contribution in [-0.4, -0.2) is 20.9 Å². The molecule has 7 heteroatoms. The van der Waals surface area contributed by atoms with E-state index in [1.165, 1.54) is 5.56 Å². The van der Waals surface area contributed by atoms with Gasteiger partial charge >= 0.3 is 0 Å². The summed E-state index contributed by atoms with van der Waals surface area (Å²) < 4.78 is 0. The Kier molecular flexibility index (Phi) is 5.58. The van der Waals surface area contributed by atoms with Crippen molar-refractivity contribution in [3.8, 4) is 11.4 Å². The van der Waals surface area contributed by atoms with Crippen LogP contribution in [-0.2, 0) is 17.8 Å². The number of carbonyl (C=O) groups is 1. The molecule has 0 saturated heterocycles. The zero-order chi connectivity index (χ0) is 18.5. The summed E-state index contributed by atoms with van der Waals surface area (Å²) in [4.78, 5) is 36.9. The van der Waals surface area contributed by atoms with Crippen LogP contribution in [0.1, 0.15) is 28.1 Å². The Labute approximate surface area is 155 Å². The highest BCUT2D eigenvalue weighted by Crippen LogP contribution is 2.15. The number of aromatic amines is 1. The lowest BCUT2D eigenvalue weighted by molar-refractivity contribution is -0.121. The van der Waals surface area contributed by atoms with E-state index in [0.717, 1.165) is 10.4 Å². The lowest BCUT2D eigenvalue weighted by Gasteiger charge is -2.08. The molecule has 3 aromatic heterocycles. The molecule has 134 valence electrons. The van der Waals surface area contributed by atoms with Crippen LogP contribution in [0.3, 0.4) is 0 Å². The number of aryl methyl sites for hydroxylation is 2. The van der Waals surface area contributed by atoms with E-state index in [2.05, 4.69) is 20.3 Å². The molecule has 0 atom stereocenters. The summed E-state index contributed by atoms with van der Waals surface area (Å²) in [6.45, 7) is 4.34. The molecule has 0 fully saturated rings. The molecule has 3 rings (SSSR count). The first-order valence-electron chi connectivity index (χ1n) is 8.34. The first-order chi connectivity index (χ1) is 12.5. The van der Waals surface area contributed by atoms with Crippen molar-refractivity contribution in [2.24, 2.45) is 0 Å². The maximum absolute atomic E-state index is 12.4. The van der Waals surface area contributed by atoms with Crippen LogP contribution in [0, 0.1) is 13.8 Å². The smallest absolute Gasteiger partial charge is 0.254 e. The second-order valence-electron chi connectivity index (χ2n) is 6.02. The Bertz CT molecular complexity index is 963. The molecule has 26 heavy (non-hydrogen) atoms. The lowest BCUT2D eigenvalue weighted by atomic mass is 10.1. The Balaban J connectivity index is 1.64. The maximum atomic E-state index is 12.4. The minimum Gasteiger partial charge on any atom is -0.351 e. The van der Waals surface area contributed by atoms with Crippen molar-refractivity contribution in [2.75, 3.05) is 0 Å². The summed E-state index contributed by atoms with van der Waals surface area (Å²) in [5.74, 6) is 0.436. The molecule has 2 N–H and O–H groups in total. The summed E-state index contributed by atoms with van der Waals surface area (Å²) in [6, 6.07) is 5.61. The van der Waals surface area contributed by atoms with Crippen LogP contribution in [0.2, 0.25) is 0 Å². The van der Waals surface area contributed by atoms with Crippen molar-refractivity contribution in [3.63, 3.8) is 0 Å². The van der Waals surface area contributed by atoms with Gasteiger partial charge in [-0.3, -0.25) is 14.6 Å². The summed E-state index contributed by atoms with van der Waals surface area (Å²) in [5.41, 5.74) is 2.97. The monoisotopic (exact) mass is 368 g/mol. The molecular weight excluding hydrogens is 348 g/mol. The van der Waals surface area contributed by atoms with Gasteiger partial charge in [0.25, 0.3) is 5.56 Å². The zero-order valence-corrected chi connectivity index (χ0v) is 15.5. The van der Waals surface area contributed by atoms with Crippen molar-refractivity contribution in [1.29, 1.82) is 0 Å². The molecule has 3 aromatic rings. The minimum absolute atomic E-state index is 0.0742. The van der Waals surface area contributed by atoms with Gasteiger partial charge in [0.1, 0.15) is 5.82 Å². The van der Waals surface area contributed by atoms with Gasteiger partial charge in [0.05, 0.1) is 6.54 Å². The van der Waals surface area contributed by atoms with Crippen LogP contribution in [0.15, 0.2) is 40.8 Å². The topological polar surface area (TPSA) is 87.7 Å². The molecular formula is C19H20N4O2S. The van der Waals surface area contributed by atoms with E-state index in [0.29, 0.717) is 30.0 Å². The fourth-order valence-electron chi connectivity index (χ4n) is 2.64. The van der Waals surface area contributed by atoms with E-state index >= 15 is 0 Å². The minimum atomic E-state index is -0.203. The van der Waals surface area contributed by atoms with Gasteiger partial charge in [-0.2, -0.15) is 0 Å². The van der Waals surface area contributed by atoms with Crippen molar-refractivity contribution >= 4 is 17.2 Å². The number of thiophene rings is 1. The third kappa shape index (κ3) is 4.23. The summed E-state index contributed by atoms with van der Waals surface area (Å²) >= 11 is 1.63. The average molecular weight is 368 g/mol. The number of amides is 1. The second-order valence-corrected chi connectivity index (χ2v) is 7.02. The van der Waals surface area contributed by atoms with Crippen LogP contribution in [0.25, 0.3) is 11.4 Å². The van der Waals surface area contributed by atoms with Crippen LogP contribution in [0.4, 0.5) is 0 Å². The first kappa shape index (κ1) is 18.0. The molecule has 0 aromatic carbocycles. The molecule has 0 unspecified atom stereocenters. The molecule has 6 nitrogen and oxygen atoms in total. The third-order valence-electron chi connectivity index (χ3n) is 4.19. The maximum Gasteiger partial charge on any atom is 0.254 e. The van der Waals surface area contributed by atoms with Gasteiger partial charge in [-0.1, -0.05) is 0 Å². The Hall–Kier alpha value is -2.80. The molecule has 0 bridgehead atoms. The van der Waals surface area contributed by atoms with Crippen molar-refractivity contribution in [3.05, 3.63) is 68.0 Å². The number of hydrogen-bond acceptors (Lipinski definition) is 5. The number of H-pyrrole nitrogens is 1. The Morgan fingerprint density at radius 2 is 2.00 bits per heavy atom. The third-order valence-corrected chi connectivity index (χ3v) is 5.22. The van der Waals surface area contributed by atoms with Gasteiger partial charge in [-0.05, 0) is 49.4 Å². The number of nitrogens with one attached hydrogen (secondary N) is 2. The highest BCUT2D eigenvalue weighted by Gasteiger charge is 2.12. The lowest BCUT2D eigenvalue weighted by Crippen LogP contribution is -2.25.